The van der Waals surface area contributed by atoms with Gasteiger partial charge in [0.25, 0.3) is 0 Å². The molecule has 0 amide bonds. The zero-order valence-corrected chi connectivity index (χ0v) is 10.7. The molecule has 0 aliphatic rings. The SMILES string of the molecule is CCCCCCOC(=O)c1ccc2[nH]ccc2c1. The summed E-state index contributed by atoms with van der Waals surface area (Å²) in [5.41, 5.74) is 1.66. The molecule has 0 saturated carbocycles. The first-order valence-electron chi connectivity index (χ1n) is 6.55. The van der Waals surface area contributed by atoms with Crippen LogP contribution < -0.4 is 0 Å². The van der Waals surface area contributed by atoms with E-state index in [2.05, 4.69) is 11.9 Å². The summed E-state index contributed by atoms with van der Waals surface area (Å²) in [4.78, 5) is 14.9. The van der Waals surface area contributed by atoms with Gasteiger partial charge in [0.2, 0.25) is 0 Å². The number of aromatic nitrogens is 1. The molecule has 0 saturated heterocycles. The maximum atomic E-state index is 11.8. The molecule has 1 aromatic carbocycles. The van der Waals surface area contributed by atoms with E-state index in [9.17, 15) is 4.79 Å². The van der Waals surface area contributed by atoms with Crippen LogP contribution in [0.25, 0.3) is 10.9 Å². The van der Waals surface area contributed by atoms with Crippen molar-refractivity contribution < 1.29 is 9.53 Å². The van der Waals surface area contributed by atoms with Crippen LogP contribution in [-0.2, 0) is 4.74 Å². The number of benzene rings is 1. The normalized spacial score (nSPS) is 10.7. The third-order valence-corrected chi connectivity index (χ3v) is 3.02. The van der Waals surface area contributed by atoms with Crippen LogP contribution in [0.2, 0.25) is 0 Å². The van der Waals surface area contributed by atoms with Crippen molar-refractivity contribution in [3.63, 3.8) is 0 Å². The number of nitrogens with one attached hydrogen (secondary N) is 1. The number of hydrogen-bond donors (Lipinski definition) is 1. The molecule has 0 spiro atoms. The van der Waals surface area contributed by atoms with Gasteiger partial charge in [-0.25, -0.2) is 4.79 Å². The van der Waals surface area contributed by atoms with Crippen LogP contribution in [0.15, 0.2) is 30.5 Å². The Morgan fingerprint density at radius 1 is 1.22 bits per heavy atom. The summed E-state index contributed by atoms with van der Waals surface area (Å²) >= 11 is 0. The van der Waals surface area contributed by atoms with Crippen molar-refractivity contribution in [1.29, 1.82) is 0 Å². The van der Waals surface area contributed by atoms with Crippen molar-refractivity contribution >= 4 is 16.9 Å². The van der Waals surface area contributed by atoms with E-state index < -0.39 is 0 Å². The number of fused-ring (bicyclic) bond motifs is 1. The Balaban J connectivity index is 1.88. The molecule has 0 aliphatic heterocycles. The molecule has 96 valence electrons. The van der Waals surface area contributed by atoms with Crippen molar-refractivity contribution in [2.45, 2.75) is 32.6 Å². The zero-order chi connectivity index (χ0) is 12.8. The fraction of sp³-hybridized carbons (Fsp3) is 0.400. The second-order valence-corrected chi connectivity index (χ2v) is 4.48. The molecular formula is C15H19NO2. The molecule has 2 aromatic rings. The van der Waals surface area contributed by atoms with Gasteiger partial charge in [-0.05, 0) is 30.7 Å². The second-order valence-electron chi connectivity index (χ2n) is 4.48. The molecule has 1 N–H and O–H groups in total. The van der Waals surface area contributed by atoms with E-state index in [4.69, 9.17) is 4.74 Å². The lowest BCUT2D eigenvalue weighted by Gasteiger charge is -2.04. The predicted octanol–water partition coefficient (Wildman–Crippen LogP) is 3.91. The highest BCUT2D eigenvalue weighted by Crippen LogP contribution is 2.15. The molecule has 0 aliphatic carbocycles. The van der Waals surface area contributed by atoms with Gasteiger partial charge < -0.3 is 9.72 Å². The Morgan fingerprint density at radius 2 is 2.11 bits per heavy atom. The second kappa shape index (κ2) is 6.24. The van der Waals surface area contributed by atoms with Crippen LogP contribution in [0.4, 0.5) is 0 Å². The summed E-state index contributed by atoms with van der Waals surface area (Å²) < 4.78 is 5.25. The summed E-state index contributed by atoms with van der Waals surface area (Å²) in [6, 6.07) is 7.52. The summed E-state index contributed by atoms with van der Waals surface area (Å²) in [5, 5.41) is 1.04. The summed E-state index contributed by atoms with van der Waals surface area (Å²) in [6.07, 6.45) is 6.34. The van der Waals surface area contributed by atoms with Crippen LogP contribution in [0, 0.1) is 0 Å². The molecular weight excluding hydrogens is 226 g/mol. The van der Waals surface area contributed by atoms with E-state index in [-0.39, 0.29) is 5.97 Å². The Kier molecular flexibility index (Phi) is 4.40. The van der Waals surface area contributed by atoms with Crippen molar-refractivity contribution in [3.05, 3.63) is 36.0 Å². The number of H-pyrrole nitrogens is 1. The van der Waals surface area contributed by atoms with Gasteiger partial charge in [0, 0.05) is 17.1 Å². The molecule has 1 heterocycles. The summed E-state index contributed by atoms with van der Waals surface area (Å²) in [5.74, 6) is -0.227. The van der Waals surface area contributed by atoms with Crippen LogP contribution >= 0.6 is 0 Å². The maximum Gasteiger partial charge on any atom is 0.338 e. The molecule has 0 fully saturated rings. The van der Waals surface area contributed by atoms with E-state index >= 15 is 0 Å². The first-order valence-corrected chi connectivity index (χ1v) is 6.55. The zero-order valence-electron chi connectivity index (χ0n) is 10.7. The van der Waals surface area contributed by atoms with Crippen molar-refractivity contribution in [2.24, 2.45) is 0 Å². The van der Waals surface area contributed by atoms with Crippen molar-refractivity contribution in [1.82, 2.24) is 4.98 Å². The van der Waals surface area contributed by atoms with Gasteiger partial charge in [-0.1, -0.05) is 26.2 Å². The van der Waals surface area contributed by atoms with Gasteiger partial charge in [-0.2, -0.15) is 0 Å². The molecule has 0 atom stereocenters. The fourth-order valence-electron chi connectivity index (χ4n) is 1.96. The number of ether oxygens (including phenoxy) is 1. The molecule has 1 aromatic heterocycles. The van der Waals surface area contributed by atoms with Gasteiger partial charge >= 0.3 is 5.97 Å². The lowest BCUT2D eigenvalue weighted by atomic mass is 10.1. The average Bonchev–Trinajstić information content (AvgIpc) is 2.85. The Bertz CT molecular complexity index is 516. The van der Waals surface area contributed by atoms with Gasteiger partial charge in [0.05, 0.1) is 12.2 Å². The highest BCUT2D eigenvalue weighted by molar-refractivity contribution is 5.94. The highest BCUT2D eigenvalue weighted by Gasteiger charge is 2.07. The average molecular weight is 245 g/mol. The third kappa shape index (κ3) is 3.13. The lowest BCUT2D eigenvalue weighted by molar-refractivity contribution is 0.0498. The van der Waals surface area contributed by atoms with E-state index in [1.165, 1.54) is 12.8 Å². The molecule has 3 heteroatoms. The predicted molar refractivity (Wildman–Crippen MR) is 72.7 cm³/mol. The monoisotopic (exact) mass is 245 g/mol. The number of esters is 1. The smallest absolute Gasteiger partial charge is 0.338 e. The first-order chi connectivity index (χ1) is 8.81. The molecule has 0 bridgehead atoms. The van der Waals surface area contributed by atoms with E-state index in [0.717, 1.165) is 23.7 Å². The minimum absolute atomic E-state index is 0.227. The van der Waals surface area contributed by atoms with Gasteiger partial charge in [-0.3, -0.25) is 0 Å². The number of rotatable bonds is 6. The number of hydrogen-bond acceptors (Lipinski definition) is 2. The number of carbonyl (C=O) groups excluding carboxylic acids is 1. The lowest BCUT2D eigenvalue weighted by Crippen LogP contribution is -2.06. The molecule has 0 unspecified atom stereocenters. The van der Waals surface area contributed by atoms with E-state index in [1.807, 2.05) is 24.4 Å². The van der Waals surface area contributed by atoms with Crippen molar-refractivity contribution in [3.8, 4) is 0 Å². The Hall–Kier alpha value is -1.77. The Morgan fingerprint density at radius 3 is 2.94 bits per heavy atom. The topological polar surface area (TPSA) is 42.1 Å². The number of aromatic amines is 1. The summed E-state index contributed by atoms with van der Waals surface area (Å²) in [6.45, 7) is 2.68. The van der Waals surface area contributed by atoms with Gasteiger partial charge in [0.15, 0.2) is 0 Å². The Labute approximate surface area is 107 Å². The van der Waals surface area contributed by atoms with Crippen molar-refractivity contribution in [2.75, 3.05) is 6.61 Å². The minimum atomic E-state index is -0.227. The maximum absolute atomic E-state index is 11.8. The quantitative estimate of drug-likeness (QED) is 0.619. The van der Waals surface area contributed by atoms with E-state index in [0.29, 0.717) is 12.2 Å². The largest absolute Gasteiger partial charge is 0.462 e. The van der Waals surface area contributed by atoms with Crippen LogP contribution in [0.3, 0.4) is 0 Å². The van der Waals surface area contributed by atoms with Crippen LogP contribution in [0.1, 0.15) is 43.0 Å². The van der Waals surface area contributed by atoms with E-state index in [1.54, 1.807) is 6.07 Å². The highest BCUT2D eigenvalue weighted by atomic mass is 16.5. The van der Waals surface area contributed by atoms with Gasteiger partial charge in [-0.15, -0.1) is 0 Å². The molecule has 2 rings (SSSR count). The third-order valence-electron chi connectivity index (χ3n) is 3.02. The first kappa shape index (κ1) is 12.7. The van der Waals surface area contributed by atoms with Crippen LogP contribution in [0.5, 0.6) is 0 Å². The number of unbranched alkanes of at least 4 members (excludes halogenated alkanes) is 3. The minimum Gasteiger partial charge on any atom is -0.462 e. The fourth-order valence-corrected chi connectivity index (χ4v) is 1.96. The molecule has 3 nitrogen and oxygen atoms in total. The molecule has 18 heavy (non-hydrogen) atoms. The standard InChI is InChI=1S/C15H19NO2/c1-2-3-4-5-10-18-15(17)13-6-7-14-12(11-13)8-9-16-14/h6-9,11,16H,2-5,10H2,1H3. The van der Waals surface area contributed by atoms with Gasteiger partial charge in [0.1, 0.15) is 0 Å². The van der Waals surface area contributed by atoms with Crippen LogP contribution in [-0.4, -0.2) is 17.6 Å². The number of carbonyl (C=O) groups is 1. The summed E-state index contributed by atoms with van der Waals surface area (Å²) in [7, 11) is 0. The molecule has 0 radical (unpaired) electrons.